The van der Waals surface area contributed by atoms with Crippen LogP contribution in [-0.4, -0.2) is 69.2 Å². The number of hydrogen-bond donors (Lipinski definition) is 3. The van der Waals surface area contributed by atoms with E-state index in [1.54, 1.807) is 6.92 Å². The average molecular weight is 388 g/mol. The van der Waals surface area contributed by atoms with Crippen molar-refractivity contribution in [2.45, 2.75) is 103 Å². The van der Waals surface area contributed by atoms with E-state index in [-0.39, 0.29) is 23.8 Å². The number of rotatable bonds is 1. The van der Waals surface area contributed by atoms with Crippen LogP contribution in [0.4, 0.5) is 0 Å². The van der Waals surface area contributed by atoms with E-state index in [9.17, 15) is 20.1 Å². The van der Waals surface area contributed by atoms with Gasteiger partial charge in [0.2, 0.25) is 0 Å². The molecule has 3 N–H and O–H groups in total. The first kappa shape index (κ1) is 24.3. The van der Waals surface area contributed by atoms with Crippen molar-refractivity contribution < 1.29 is 24.9 Å². The second kappa shape index (κ2) is 9.68. The van der Waals surface area contributed by atoms with Gasteiger partial charge in [-0.15, -0.1) is 0 Å². The molecule has 0 spiro atoms. The first-order valence-electron chi connectivity index (χ1n) is 10.3. The van der Waals surface area contributed by atoms with Crippen molar-refractivity contribution in [2.24, 2.45) is 11.8 Å². The minimum absolute atomic E-state index is 0.176. The maximum absolute atomic E-state index is 12.6. The van der Waals surface area contributed by atoms with Crippen LogP contribution in [0.2, 0.25) is 0 Å². The Labute approximate surface area is 164 Å². The lowest BCUT2D eigenvalue weighted by atomic mass is 9.84. The predicted molar refractivity (Wildman–Crippen MR) is 106 cm³/mol. The van der Waals surface area contributed by atoms with Crippen molar-refractivity contribution in [2.75, 3.05) is 13.6 Å². The SMILES string of the molecule is CC[C@H]1OC(=O)[C@H](C)C[C@H](C)C[C@](C)(O)CCCN(C)[C@H](C)[C@@H](O)[C@]1(C)O. The Morgan fingerprint density at radius 2 is 1.81 bits per heavy atom. The highest BCUT2D eigenvalue weighted by Crippen LogP contribution is 2.30. The number of hydrogen-bond acceptors (Lipinski definition) is 6. The number of aliphatic hydroxyl groups excluding tert-OH is 1. The maximum atomic E-state index is 12.6. The fraction of sp³-hybridized carbons (Fsp3) is 0.952. The van der Waals surface area contributed by atoms with Gasteiger partial charge >= 0.3 is 5.97 Å². The molecule has 6 nitrogen and oxygen atoms in total. The molecule has 1 saturated heterocycles. The lowest BCUT2D eigenvalue weighted by Crippen LogP contribution is -2.58. The normalized spacial score (nSPS) is 44.2. The Bertz CT molecular complexity index is 479. The number of nitrogens with zero attached hydrogens (tertiary/aromatic N) is 1. The van der Waals surface area contributed by atoms with Crippen molar-refractivity contribution in [1.82, 2.24) is 4.90 Å². The van der Waals surface area contributed by atoms with Crippen LogP contribution in [0.15, 0.2) is 0 Å². The van der Waals surface area contributed by atoms with Crippen molar-refractivity contribution in [1.29, 1.82) is 0 Å². The second-order valence-corrected chi connectivity index (χ2v) is 9.27. The summed E-state index contributed by atoms with van der Waals surface area (Å²) in [6.07, 6.45) is 1.26. The Morgan fingerprint density at radius 1 is 1.22 bits per heavy atom. The molecule has 160 valence electrons. The van der Waals surface area contributed by atoms with Gasteiger partial charge in [0.1, 0.15) is 17.8 Å². The highest BCUT2D eigenvalue weighted by molar-refractivity contribution is 5.72. The van der Waals surface area contributed by atoms with E-state index in [1.165, 1.54) is 0 Å². The Hall–Kier alpha value is -0.690. The van der Waals surface area contributed by atoms with Gasteiger partial charge in [-0.2, -0.15) is 0 Å². The topological polar surface area (TPSA) is 90.2 Å². The molecule has 1 rings (SSSR count). The molecule has 27 heavy (non-hydrogen) atoms. The summed E-state index contributed by atoms with van der Waals surface area (Å²) in [5.74, 6) is -0.518. The van der Waals surface area contributed by atoms with E-state index in [0.29, 0.717) is 32.2 Å². The van der Waals surface area contributed by atoms with Crippen molar-refractivity contribution >= 4 is 5.97 Å². The van der Waals surface area contributed by atoms with Gasteiger partial charge in [-0.25, -0.2) is 0 Å². The van der Waals surface area contributed by atoms with E-state index >= 15 is 0 Å². The Balaban J connectivity index is 3.11. The molecule has 7 atom stereocenters. The van der Waals surface area contributed by atoms with Crippen LogP contribution in [0.5, 0.6) is 0 Å². The zero-order valence-corrected chi connectivity index (χ0v) is 18.2. The molecule has 1 aliphatic heterocycles. The molecule has 1 fully saturated rings. The second-order valence-electron chi connectivity index (χ2n) is 9.27. The van der Waals surface area contributed by atoms with Crippen molar-refractivity contribution in [3.05, 3.63) is 0 Å². The minimum atomic E-state index is -1.55. The van der Waals surface area contributed by atoms with E-state index in [0.717, 1.165) is 6.42 Å². The average Bonchev–Trinajstić information content (AvgIpc) is 2.55. The molecule has 0 aromatic heterocycles. The third kappa shape index (κ3) is 6.70. The summed E-state index contributed by atoms with van der Waals surface area (Å²) in [4.78, 5) is 14.6. The zero-order valence-electron chi connectivity index (χ0n) is 18.2. The minimum Gasteiger partial charge on any atom is -0.459 e. The molecule has 1 aliphatic rings. The number of likely N-dealkylation sites (N-methyl/N-ethyl adjacent to an activating group) is 1. The Morgan fingerprint density at radius 3 is 2.37 bits per heavy atom. The monoisotopic (exact) mass is 387 g/mol. The van der Waals surface area contributed by atoms with Gasteiger partial charge in [-0.1, -0.05) is 20.8 Å². The standard InChI is InChI=1S/C21H41NO5/c1-8-17-21(6,26)18(23)16(4)22(7)11-9-10-20(5,25)13-14(2)12-15(3)19(24)27-17/h14-18,23,25-26H,8-13H2,1-7H3/t14-,15+,16+,17+,18+,20+,21+/m0/s1. The van der Waals surface area contributed by atoms with Crippen LogP contribution in [0.1, 0.15) is 73.6 Å². The fourth-order valence-corrected chi connectivity index (χ4v) is 4.34. The fourth-order valence-electron chi connectivity index (χ4n) is 4.34. The molecule has 0 aliphatic carbocycles. The summed E-state index contributed by atoms with van der Waals surface area (Å²) in [5, 5.41) is 32.5. The molecule has 0 saturated carbocycles. The third-order valence-electron chi connectivity index (χ3n) is 6.20. The van der Waals surface area contributed by atoms with Crippen LogP contribution >= 0.6 is 0 Å². The summed E-state index contributed by atoms with van der Waals surface area (Å²) >= 11 is 0. The molecule has 1 heterocycles. The molecule has 0 aromatic rings. The van der Waals surface area contributed by atoms with Crippen LogP contribution in [0.3, 0.4) is 0 Å². The number of ether oxygens (including phenoxy) is 1. The number of aliphatic hydroxyl groups is 3. The summed E-state index contributed by atoms with van der Waals surface area (Å²) in [5.41, 5.74) is -2.33. The van der Waals surface area contributed by atoms with Gasteiger partial charge in [0.05, 0.1) is 11.5 Å². The van der Waals surface area contributed by atoms with Gasteiger partial charge in [0.15, 0.2) is 0 Å². The van der Waals surface area contributed by atoms with E-state index in [4.69, 9.17) is 4.74 Å². The van der Waals surface area contributed by atoms with Gasteiger partial charge in [0, 0.05) is 6.04 Å². The van der Waals surface area contributed by atoms with Gasteiger partial charge < -0.3 is 25.0 Å². The molecule has 0 radical (unpaired) electrons. The molecule has 0 aromatic carbocycles. The van der Waals surface area contributed by atoms with E-state index in [2.05, 4.69) is 0 Å². The summed E-state index contributed by atoms with van der Waals surface area (Å²) in [6.45, 7) is 11.6. The third-order valence-corrected chi connectivity index (χ3v) is 6.20. The van der Waals surface area contributed by atoms with Crippen molar-refractivity contribution in [3.63, 3.8) is 0 Å². The predicted octanol–water partition coefficient (Wildman–Crippen LogP) is 2.34. The van der Waals surface area contributed by atoms with Gasteiger partial charge in [0.25, 0.3) is 0 Å². The van der Waals surface area contributed by atoms with Crippen LogP contribution in [-0.2, 0) is 9.53 Å². The first-order chi connectivity index (χ1) is 12.3. The molecular weight excluding hydrogens is 346 g/mol. The lowest BCUT2D eigenvalue weighted by molar-refractivity contribution is -0.189. The summed E-state index contributed by atoms with van der Waals surface area (Å²) in [7, 11) is 1.90. The summed E-state index contributed by atoms with van der Waals surface area (Å²) < 4.78 is 5.63. The number of carbonyl (C=O) groups is 1. The summed E-state index contributed by atoms with van der Waals surface area (Å²) in [6, 6.07) is -0.320. The molecule has 0 amide bonds. The Kier molecular flexibility index (Phi) is 8.73. The highest BCUT2D eigenvalue weighted by Gasteiger charge is 2.44. The quantitative estimate of drug-likeness (QED) is 0.598. The van der Waals surface area contributed by atoms with Gasteiger partial charge in [-0.05, 0) is 72.4 Å². The molecule has 0 unspecified atom stereocenters. The number of carbonyl (C=O) groups excluding carboxylic acids is 1. The van der Waals surface area contributed by atoms with Crippen LogP contribution in [0, 0.1) is 11.8 Å². The van der Waals surface area contributed by atoms with Crippen molar-refractivity contribution in [3.8, 4) is 0 Å². The lowest BCUT2D eigenvalue weighted by Gasteiger charge is -2.41. The number of esters is 1. The maximum Gasteiger partial charge on any atom is 0.309 e. The molecule has 6 heteroatoms. The van der Waals surface area contributed by atoms with E-state index < -0.39 is 23.4 Å². The first-order valence-corrected chi connectivity index (χ1v) is 10.3. The zero-order chi connectivity index (χ0) is 21.0. The molecule has 0 bridgehead atoms. The smallest absolute Gasteiger partial charge is 0.309 e. The largest absolute Gasteiger partial charge is 0.459 e. The van der Waals surface area contributed by atoms with Gasteiger partial charge in [-0.3, -0.25) is 4.79 Å². The van der Waals surface area contributed by atoms with Crippen LogP contribution < -0.4 is 0 Å². The number of cyclic esters (lactones) is 1. The highest BCUT2D eigenvalue weighted by atomic mass is 16.6. The van der Waals surface area contributed by atoms with E-state index in [1.807, 2.05) is 46.6 Å². The molecular formula is C21H41NO5. The van der Waals surface area contributed by atoms with Crippen LogP contribution in [0.25, 0.3) is 0 Å².